The number of anilines is 1. The molecule has 0 fully saturated rings. The van der Waals surface area contributed by atoms with E-state index in [1.54, 1.807) is 14.2 Å². The quantitative estimate of drug-likeness (QED) is 0.811. The van der Waals surface area contributed by atoms with Crippen molar-refractivity contribution in [3.05, 3.63) is 51.6 Å². The first-order valence-corrected chi connectivity index (χ1v) is 7.01. The van der Waals surface area contributed by atoms with E-state index in [4.69, 9.17) is 9.47 Å². The second-order valence-corrected chi connectivity index (χ2v) is 5.29. The molecule has 0 spiro atoms. The summed E-state index contributed by atoms with van der Waals surface area (Å²) in [6, 6.07) is 14.2. The van der Waals surface area contributed by atoms with Crippen LogP contribution in [0, 0.1) is 3.57 Å². The van der Waals surface area contributed by atoms with Gasteiger partial charge in [-0.2, -0.15) is 0 Å². The lowest BCUT2D eigenvalue weighted by Crippen LogP contribution is -2.01. The molecule has 0 amide bonds. The summed E-state index contributed by atoms with van der Waals surface area (Å²) in [6.07, 6.45) is 0. The summed E-state index contributed by atoms with van der Waals surface area (Å²) in [5.41, 5.74) is 2.19. The van der Waals surface area contributed by atoms with Crippen LogP contribution in [-0.4, -0.2) is 14.2 Å². The highest BCUT2D eigenvalue weighted by Crippen LogP contribution is 2.29. The van der Waals surface area contributed by atoms with Crippen molar-refractivity contribution in [2.45, 2.75) is 6.54 Å². The fraction of sp³-hybridized carbons (Fsp3) is 0.200. The molecule has 0 saturated heterocycles. The summed E-state index contributed by atoms with van der Waals surface area (Å²) in [6.45, 7) is 0.764. The molecule has 0 radical (unpaired) electrons. The van der Waals surface area contributed by atoms with Gasteiger partial charge in [-0.05, 0) is 52.4 Å². The summed E-state index contributed by atoms with van der Waals surface area (Å²) in [4.78, 5) is 0. The minimum atomic E-state index is 0.764. The van der Waals surface area contributed by atoms with Crippen LogP contribution in [0.4, 0.5) is 5.69 Å². The minimum absolute atomic E-state index is 0.764. The Morgan fingerprint density at radius 3 is 2.37 bits per heavy atom. The average Bonchev–Trinajstić information content (AvgIpc) is 2.46. The first kappa shape index (κ1) is 14.0. The van der Waals surface area contributed by atoms with Gasteiger partial charge in [-0.25, -0.2) is 0 Å². The maximum atomic E-state index is 5.35. The molecule has 0 bridgehead atoms. The van der Waals surface area contributed by atoms with E-state index < -0.39 is 0 Å². The van der Waals surface area contributed by atoms with Gasteiger partial charge >= 0.3 is 0 Å². The molecule has 0 aliphatic heterocycles. The summed E-state index contributed by atoms with van der Waals surface area (Å²) < 4.78 is 11.8. The number of rotatable bonds is 5. The number of benzene rings is 2. The average molecular weight is 369 g/mol. The van der Waals surface area contributed by atoms with Crippen molar-refractivity contribution < 1.29 is 9.47 Å². The molecule has 0 atom stereocenters. The molecule has 0 saturated carbocycles. The summed E-state index contributed by atoms with van der Waals surface area (Å²) >= 11 is 2.30. The molecule has 2 aromatic carbocycles. The summed E-state index contributed by atoms with van der Waals surface area (Å²) in [5.74, 6) is 1.57. The largest absolute Gasteiger partial charge is 0.497 e. The van der Waals surface area contributed by atoms with E-state index in [1.165, 1.54) is 9.13 Å². The maximum Gasteiger partial charge on any atom is 0.145 e. The van der Waals surface area contributed by atoms with Gasteiger partial charge in [-0.3, -0.25) is 0 Å². The molecule has 0 aromatic heterocycles. The van der Waals surface area contributed by atoms with Crippen molar-refractivity contribution in [2.75, 3.05) is 19.5 Å². The lowest BCUT2D eigenvalue weighted by molar-refractivity contribution is 0.395. The Morgan fingerprint density at radius 2 is 1.74 bits per heavy atom. The molecule has 4 heteroatoms. The zero-order chi connectivity index (χ0) is 13.7. The van der Waals surface area contributed by atoms with Gasteiger partial charge in [-0.1, -0.05) is 12.1 Å². The minimum Gasteiger partial charge on any atom is -0.497 e. The van der Waals surface area contributed by atoms with Crippen molar-refractivity contribution in [1.29, 1.82) is 0 Å². The van der Waals surface area contributed by atoms with Gasteiger partial charge in [0.2, 0.25) is 0 Å². The first-order chi connectivity index (χ1) is 9.22. The smallest absolute Gasteiger partial charge is 0.145 e. The maximum absolute atomic E-state index is 5.35. The van der Waals surface area contributed by atoms with Crippen LogP contribution >= 0.6 is 22.6 Å². The van der Waals surface area contributed by atoms with Crippen molar-refractivity contribution in [2.24, 2.45) is 0 Å². The van der Waals surface area contributed by atoms with E-state index in [9.17, 15) is 0 Å². The molecule has 19 heavy (non-hydrogen) atoms. The second-order valence-electron chi connectivity index (χ2n) is 4.05. The van der Waals surface area contributed by atoms with Crippen molar-refractivity contribution in [1.82, 2.24) is 0 Å². The Hall–Kier alpha value is -1.43. The normalized spacial score (nSPS) is 10.1. The lowest BCUT2D eigenvalue weighted by Gasteiger charge is -2.12. The second kappa shape index (κ2) is 6.65. The molecule has 3 nitrogen and oxygen atoms in total. The third-order valence-electron chi connectivity index (χ3n) is 2.80. The Labute approximate surface area is 127 Å². The standard InChI is InChI=1S/C15H16INO2/c1-18-13-7-8-14(15(9-13)19-2)17-10-11-3-5-12(16)6-4-11/h3-9,17H,10H2,1-2H3. The zero-order valence-corrected chi connectivity index (χ0v) is 13.1. The van der Waals surface area contributed by atoms with Gasteiger partial charge < -0.3 is 14.8 Å². The van der Waals surface area contributed by atoms with Crippen LogP contribution < -0.4 is 14.8 Å². The molecule has 2 rings (SSSR count). The molecule has 0 heterocycles. The molecule has 0 aliphatic rings. The molecule has 2 aromatic rings. The van der Waals surface area contributed by atoms with Crippen molar-refractivity contribution >= 4 is 28.3 Å². The first-order valence-electron chi connectivity index (χ1n) is 5.93. The number of ether oxygens (including phenoxy) is 2. The van der Waals surface area contributed by atoms with Gasteiger partial charge in [0.05, 0.1) is 19.9 Å². The molecule has 100 valence electrons. The third kappa shape index (κ3) is 3.76. The number of hydrogen-bond donors (Lipinski definition) is 1. The molecular formula is C15H16INO2. The van der Waals surface area contributed by atoms with E-state index in [0.29, 0.717) is 0 Å². The van der Waals surface area contributed by atoms with Crippen LogP contribution in [0.3, 0.4) is 0 Å². The number of nitrogens with one attached hydrogen (secondary N) is 1. The monoisotopic (exact) mass is 369 g/mol. The number of methoxy groups -OCH3 is 2. The fourth-order valence-corrected chi connectivity index (χ4v) is 2.10. The Kier molecular flexibility index (Phi) is 4.90. The van der Waals surface area contributed by atoms with E-state index >= 15 is 0 Å². The molecule has 0 aliphatic carbocycles. The van der Waals surface area contributed by atoms with Crippen LogP contribution in [0.1, 0.15) is 5.56 Å². The Bertz CT molecular complexity index is 540. The van der Waals surface area contributed by atoms with Gasteiger partial charge in [0.25, 0.3) is 0 Å². The Balaban J connectivity index is 2.08. The highest BCUT2D eigenvalue weighted by Gasteiger charge is 2.04. The third-order valence-corrected chi connectivity index (χ3v) is 3.52. The van der Waals surface area contributed by atoms with E-state index in [0.717, 1.165) is 23.7 Å². The predicted octanol–water partition coefficient (Wildman–Crippen LogP) is 3.92. The highest BCUT2D eigenvalue weighted by atomic mass is 127. The van der Waals surface area contributed by atoms with E-state index in [2.05, 4.69) is 52.2 Å². The SMILES string of the molecule is COc1ccc(NCc2ccc(I)cc2)c(OC)c1. The van der Waals surface area contributed by atoms with Crippen LogP contribution in [-0.2, 0) is 6.54 Å². The summed E-state index contributed by atoms with van der Waals surface area (Å²) in [7, 11) is 3.30. The van der Waals surface area contributed by atoms with Crippen LogP contribution in [0.25, 0.3) is 0 Å². The molecule has 0 unspecified atom stereocenters. The topological polar surface area (TPSA) is 30.5 Å². The van der Waals surface area contributed by atoms with E-state index in [1.807, 2.05) is 18.2 Å². The number of halogens is 1. The van der Waals surface area contributed by atoms with Crippen LogP contribution in [0.5, 0.6) is 11.5 Å². The van der Waals surface area contributed by atoms with Crippen molar-refractivity contribution in [3.63, 3.8) is 0 Å². The Morgan fingerprint density at radius 1 is 1.00 bits per heavy atom. The molecular weight excluding hydrogens is 353 g/mol. The lowest BCUT2D eigenvalue weighted by atomic mass is 10.2. The summed E-state index contributed by atoms with van der Waals surface area (Å²) in [5, 5.41) is 3.37. The number of hydrogen-bond acceptors (Lipinski definition) is 3. The fourth-order valence-electron chi connectivity index (χ4n) is 1.74. The van der Waals surface area contributed by atoms with Gasteiger partial charge in [-0.15, -0.1) is 0 Å². The zero-order valence-electron chi connectivity index (χ0n) is 10.9. The predicted molar refractivity (Wildman–Crippen MR) is 86.0 cm³/mol. The van der Waals surface area contributed by atoms with Gasteiger partial charge in [0.15, 0.2) is 0 Å². The van der Waals surface area contributed by atoms with Gasteiger partial charge in [0.1, 0.15) is 11.5 Å². The molecule has 1 N–H and O–H groups in total. The van der Waals surface area contributed by atoms with Gasteiger partial charge in [0, 0.05) is 16.2 Å². The van der Waals surface area contributed by atoms with Crippen molar-refractivity contribution in [3.8, 4) is 11.5 Å². The highest BCUT2D eigenvalue weighted by molar-refractivity contribution is 14.1. The van der Waals surface area contributed by atoms with E-state index in [-0.39, 0.29) is 0 Å². The van der Waals surface area contributed by atoms with Crippen LogP contribution in [0.15, 0.2) is 42.5 Å². The van der Waals surface area contributed by atoms with Crippen LogP contribution in [0.2, 0.25) is 0 Å².